The van der Waals surface area contributed by atoms with Crippen molar-refractivity contribution in [2.75, 3.05) is 20.3 Å². The first-order valence-corrected chi connectivity index (χ1v) is 17.0. The topological polar surface area (TPSA) is 88.4 Å². The number of benzene rings is 3. The van der Waals surface area contributed by atoms with Crippen molar-refractivity contribution in [1.29, 1.82) is 0 Å². The molecule has 4 aromatic rings. The third kappa shape index (κ3) is 7.25. The average Bonchev–Trinajstić information content (AvgIpc) is 3.34. The van der Waals surface area contributed by atoms with E-state index in [1.54, 1.807) is 43.7 Å². The van der Waals surface area contributed by atoms with Crippen LogP contribution in [0.25, 0.3) is 6.08 Å². The standard InChI is InChI=1S/C36H34BrClN2O6S/c1-6-11-24-16-22(17-29(44-7-2)33(24)46-20-25-12-9-10-13-27(25)38)18-30-34(41)40-32(23-14-15-28(43-5)26(37)19-23)31(35(42)45-8-3)21(4)39-36(40)47-30/h6,9-10,12-19,32H,1,7-8,11,20H2,2-5H3/b30-18+/t32-/m1/s1. The Hall–Kier alpha value is -4.12. The highest BCUT2D eigenvalue weighted by Crippen LogP contribution is 2.37. The van der Waals surface area contributed by atoms with Crippen molar-refractivity contribution in [2.45, 2.75) is 39.8 Å². The summed E-state index contributed by atoms with van der Waals surface area (Å²) in [4.78, 5) is 32.6. The number of ether oxygens (including phenoxy) is 4. The van der Waals surface area contributed by atoms with E-state index in [1.807, 2.05) is 55.5 Å². The first-order valence-electron chi connectivity index (χ1n) is 15.0. The number of rotatable bonds is 12. The van der Waals surface area contributed by atoms with E-state index < -0.39 is 12.0 Å². The molecule has 0 spiro atoms. The highest BCUT2D eigenvalue weighted by atomic mass is 79.9. The first kappa shape index (κ1) is 34.2. The van der Waals surface area contributed by atoms with Crippen LogP contribution in [0.4, 0.5) is 0 Å². The monoisotopic (exact) mass is 736 g/mol. The Balaban J connectivity index is 1.64. The van der Waals surface area contributed by atoms with E-state index in [-0.39, 0.29) is 18.8 Å². The number of hydrogen-bond acceptors (Lipinski definition) is 8. The maximum absolute atomic E-state index is 14.2. The molecule has 244 valence electrons. The van der Waals surface area contributed by atoms with E-state index in [0.717, 1.165) is 16.7 Å². The van der Waals surface area contributed by atoms with Crippen LogP contribution in [0.15, 0.2) is 92.8 Å². The van der Waals surface area contributed by atoms with Gasteiger partial charge in [-0.05, 0) is 90.7 Å². The Morgan fingerprint density at radius 1 is 1.09 bits per heavy atom. The third-order valence-electron chi connectivity index (χ3n) is 7.45. The van der Waals surface area contributed by atoms with Crippen LogP contribution in [0.1, 0.15) is 49.1 Å². The second-order valence-corrected chi connectivity index (χ2v) is 12.8. The van der Waals surface area contributed by atoms with Gasteiger partial charge in [-0.25, -0.2) is 9.79 Å². The Labute approximate surface area is 290 Å². The molecule has 0 bridgehead atoms. The lowest BCUT2D eigenvalue weighted by atomic mass is 9.96. The molecular formula is C36H34BrClN2O6S. The van der Waals surface area contributed by atoms with Crippen molar-refractivity contribution >= 4 is 50.9 Å². The van der Waals surface area contributed by atoms with Gasteiger partial charge in [-0.2, -0.15) is 0 Å². The Kier molecular flexibility index (Phi) is 11.1. The highest BCUT2D eigenvalue weighted by Gasteiger charge is 2.33. The number of carbonyl (C=O) groups is 1. The van der Waals surface area contributed by atoms with Gasteiger partial charge in [0.1, 0.15) is 12.4 Å². The zero-order valence-corrected chi connectivity index (χ0v) is 29.6. The number of fused-ring (bicyclic) bond motifs is 1. The Morgan fingerprint density at radius 3 is 2.55 bits per heavy atom. The fourth-order valence-corrected chi connectivity index (χ4v) is 7.17. The van der Waals surface area contributed by atoms with Crippen molar-refractivity contribution < 1.29 is 23.7 Å². The maximum Gasteiger partial charge on any atom is 0.338 e. The molecule has 8 nitrogen and oxygen atoms in total. The second-order valence-electron chi connectivity index (χ2n) is 10.5. The number of methoxy groups -OCH3 is 1. The Morgan fingerprint density at radius 2 is 1.87 bits per heavy atom. The number of thiazole rings is 1. The molecule has 47 heavy (non-hydrogen) atoms. The molecule has 0 unspecified atom stereocenters. The summed E-state index contributed by atoms with van der Waals surface area (Å²) in [5.41, 5.74) is 3.64. The molecule has 3 aromatic carbocycles. The zero-order valence-electron chi connectivity index (χ0n) is 26.5. The number of allylic oxidation sites excluding steroid dienone is 2. The molecule has 0 amide bonds. The van der Waals surface area contributed by atoms with Gasteiger partial charge in [0, 0.05) is 16.1 Å². The molecule has 11 heteroatoms. The second kappa shape index (κ2) is 15.2. The van der Waals surface area contributed by atoms with Crippen molar-refractivity contribution in [3.63, 3.8) is 0 Å². The van der Waals surface area contributed by atoms with Gasteiger partial charge in [-0.3, -0.25) is 9.36 Å². The first-order chi connectivity index (χ1) is 22.7. The van der Waals surface area contributed by atoms with E-state index >= 15 is 0 Å². The van der Waals surface area contributed by atoms with Gasteiger partial charge in [-0.1, -0.05) is 53.3 Å². The summed E-state index contributed by atoms with van der Waals surface area (Å²) < 4.78 is 25.8. The van der Waals surface area contributed by atoms with Crippen LogP contribution in [0, 0.1) is 0 Å². The van der Waals surface area contributed by atoms with Gasteiger partial charge in [0.05, 0.1) is 46.6 Å². The molecular weight excluding hydrogens is 704 g/mol. The van der Waals surface area contributed by atoms with Crippen LogP contribution in [0.2, 0.25) is 5.02 Å². The number of aromatic nitrogens is 1. The highest BCUT2D eigenvalue weighted by molar-refractivity contribution is 9.10. The van der Waals surface area contributed by atoms with E-state index in [0.29, 0.717) is 65.9 Å². The summed E-state index contributed by atoms with van der Waals surface area (Å²) >= 11 is 11.2. The molecule has 0 saturated heterocycles. The van der Waals surface area contributed by atoms with Gasteiger partial charge in [-0.15, -0.1) is 6.58 Å². The summed E-state index contributed by atoms with van der Waals surface area (Å²) in [6, 6.07) is 16.0. The molecule has 1 aliphatic heterocycles. The molecule has 0 saturated carbocycles. The van der Waals surface area contributed by atoms with Gasteiger partial charge in [0.25, 0.3) is 5.56 Å². The summed E-state index contributed by atoms with van der Waals surface area (Å²) in [5.74, 6) is 1.23. The van der Waals surface area contributed by atoms with Crippen LogP contribution in [-0.4, -0.2) is 30.9 Å². The predicted octanol–water partition coefficient (Wildman–Crippen LogP) is 6.93. The minimum Gasteiger partial charge on any atom is -0.496 e. The van der Waals surface area contributed by atoms with Crippen LogP contribution in [0.5, 0.6) is 17.2 Å². The SMILES string of the molecule is C=CCc1cc(/C=c2/sc3n(c2=O)[C@H](c2ccc(OC)c(Br)c2)C(C(=O)OCC)=C(C)N=3)cc(OCC)c1OCc1ccccc1Cl. The average molecular weight is 738 g/mol. The quantitative estimate of drug-likeness (QED) is 0.116. The third-order valence-corrected chi connectivity index (χ3v) is 9.43. The van der Waals surface area contributed by atoms with Crippen LogP contribution >= 0.6 is 38.9 Å². The van der Waals surface area contributed by atoms with Gasteiger partial charge in [0.2, 0.25) is 0 Å². The smallest absolute Gasteiger partial charge is 0.338 e. The number of carbonyl (C=O) groups excluding carboxylic acids is 1. The van der Waals surface area contributed by atoms with Crippen LogP contribution < -0.4 is 29.1 Å². The Bertz CT molecular complexity index is 2050. The fraction of sp³-hybridized carbons (Fsp3) is 0.250. The number of halogens is 2. The van der Waals surface area contributed by atoms with Crippen LogP contribution in [-0.2, 0) is 22.6 Å². The minimum absolute atomic E-state index is 0.187. The van der Waals surface area contributed by atoms with E-state index in [9.17, 15) is 9.59 Å². The molecule has 5 rings (SSSR count). The normalized spacial score (nSPS) is 14.3. The molecule has 0 N–H and O–H groups in total. The van der Waals surface area contributed by atoms with Crippen molar-refractivity contribution in [1.82, 2.24) is 4.57 Å². The van der Waals surface area contributed by atoms with E-state index in [2.05, 4.69) is 27.5 Å². The lowest BCUT2D eigenvalue weighted by molar-refractivity contribution is -0.139. The van der Waals surface area contributed by atoms with E-state index in [1.165, 1.54) is 11.3 Å². The lowest BCUT2D eigenvalue weighted by Crippen LogP contribution is -2.40. The molecule has 0 fully saturated rings. The van der Waals surface area contributed by atoms with E-state index in [4.69, 9.17) is 30.5 Å². The van der Waals surface area contributed by atoms with Crippen molar-refractivity contribution in [3.05, 3.63) is 130 Å². The van der Waals surface area contributed by atoms with Gasteiger partial charge < -0.3 is 18.9 Å². The molecule has 1 aromatic heterocycles. The molecule has 0 radical (unpaired) electrons. The van der Waals surface area contributed by atoms with Crippen molar-refractivity contribution in [2.24, 2.45) is 4.99 Å². The van der Waals surface area contributed by atoms with Crippen molar-refractivity contribution in [3.8, 4) is 17.2 Å². The maximum atomic E-state index is 14.2. The number of nitrogens with zero attached hydrogens (tertiary/aromatic N) is 2. The number of hydrogen-bond donors (Lipinski definition) is 0. The molecule has 2 heterocycles. The summed E-state index contributed by atoms with van der Waals surface area (Å²) in [5, 5.41) is 0.615. The fourth-order valence-electron chi connectivity index (χ4n) is 5.38. The summed E-state index contributed by atoms with van der Waals surface area (Å²) in [6.45, 7) is 10.2. The molecule has 1 atom stereocenters. The summed E-state index contributed by atoms with van der Waals surface area (Å²) in [6.07, 6.45) is 4.11. The predicted molar refractivity (Wildman–Crippen MR) is 188 cm³/mol. The number of esters is 1. The largest absolute Gasteiger partial charge is 0.496 e. The summed E-state index contributed by atoms with van der Waals surface area (Å²) in [7, 11) is 1.58. The zero-order chi connectivity index (χ0) is 33.7. The van der Waals surface area contributed by atoms with Gasteiger partial charge in [0.15, 0.2) is 16.3 Å². The minimum atomic E-state index is -0.759. The molecule has 1 aliphatic rings. The van der Waals surface area contributed by atoms with Crippen LogP contribution in [0.3, 0.4) is 0 Å². The lowest BCUT2D eigenvalue weighted by Gasteiger charge is -2.25. The van der Waals surface area contributed by atoms with Gasteiger partial charge >= 0.3 is 5.97 Å². The molecule has 0 aliphatic carbocycles.